The smallest absolute Gasteiger partial charge is 0.358 e. The first kappa shape index (κ1) is 23.5. The van der Waals surface area contributed by atoms with Gasteiger partial charge in [-0.2, -0.15) is 5.10 Å². The van der Waals surface area contributed by atoms with Crippen molar-refractivity contribution in [2.24, 2.45) is 0 Å². The Hall–Kier alpha value is -3.21. The summed E-state index contributed by atoms with van der Waals surface area (Å²) in [4.78, 5) is 24.4. The van der Waals surface area contributed by atoms with Crippen LogP contribution in [0.4, 0.5) is 5.69 Å². The standard InChI is InChI=1S/C21H21ClN4O5S/c1-4-31-21(28)19-11-12-26(24-19)15-7-5-14(6-8-15)23-20(27)17-13-16(9-10-18(17)22)32(29,30)25(2)3/h5-13H,4H2,1-3H3,(H,23,27). The number of amides is 1. The summed E-state index contributed by atoms with van der Waals surface area (Å²) in [6.45, 7) is 1.97. The van der Waals surface area contributed by atoms with Gasteiger partial charge >= 0.3 is 5.97 Å². The van der Waals surface area contributed by atoms with Gasteiger partial charge in [-0.1, -0.05) is 11.6 Å². The van der Waals surface area contributed by atoms with Gasteiger partial charge in [-0.05, 0) is 55.5 Å². The average Bonchev–Trinajstić information content (AvgIpc) is 3.25. The van der Waals surface area contributed by atoms with E-state index in [1.807, 2.05) is 0 Å². The molecule has 2 aromatic carbocycles. The molecule has 0 atom stereocenters. The molecule has 3 aromatic rings. The normalized spacial score (nSPS) is 11.4. The summed E-state index contributed by atoms with van der Waals surface area (Å²) in [5.74, 6) is -1.06. The van der Waals surface area contributed by atoms with E-state index in [1.165, 1.54) is 37.0 Å². The van der Waals surface area contributed by atoms with Crippen LogP contribution in [-0.2, 0) is 14.8 Å². The molecule has 0 aliphatic carbocycles. The monoisotopic (exact) mass is 476 g/mol. The van der Waals surface area contributed by atoms with Gasteiger partial charge in [0.1, 0.15) is 0 Å². The minimum Gasteiger partial charge on any atom is -0.461 e. The zero-order valence-corrected chi connectivity index (χ0v) is 19.1. The Morgan fingerprint density at radius 3 is 2.44 bits per heavy atom. The number of sulfonamides is 1. The quantitative estimate of drug-likeness (QED) is 0.524. The number of rotatable bonds is 7. The Morgan fingerprint density at radius 1 is 1.12 bits per heavy atom. The topological polar surface area (TPSA) is 111 Å². The van der Waals surface area contributed by atoms with Crippen molar-refractivity contribution in [2.75, 3.05) is 26.0 Å². The predicted molar refractivity (Wildman–Crippen MR) is 120 cm³/mol. The SMILES string of the molecule is CCOC(=O)c1ccn(-c2ccc(NC(=O)c3cc(S(=O)(=O)N(C)C)ccc3Cl)cc2)n1. The number of anilines is 1. The Morgan fingerprint density at radius 2 is 1.81 bits per heavy atom. The fraction of sp³-hybridized carbons (Fsp3) is 0.190. The molecule has 11 heteroatoms. The van der Waals surface area contributed by atoms with E-state index in [9.17, 15) is 18.0 Å². The number of benzene rings is 2. The van der Waals surface area contributed by atoms with Gasteiger partial charge in [0.15, 0.2) is 5.69 Å². The van der Waals surface area contributed by atoms with Crippen LogP contribution in [0, 0.1) is 0 Å². The molecule has 1 amide bonds. The highest BCUT2D eigenvalue weighted by molar-refractivity contribution is 7.89. The average molecular weight is 477 g/mol. The maximum atomic E-state index is 12.7. The van der Waals surface area contributed by atoms with Crippen molar-refractivity contribution in [3.05, 3.63) is 71.0 Å². The molecule has 3 rings (SSSR count). The van der Waals surface area contributed by atoms with Crippen LogP contribution in [0.25, 0.3) is 5.69 Å². The number of halogens is 1. The number of nitrogens with zero attached hydrogens (tertiary/aromatic N) is 3. The van der Waals surface area contributed by atoms with Gasteiger partial charge in [0.25, 0.3) is 5.91 Å². The van der Waals surface area contributed by atoms with Crippen molar-refractivity contribution in [1.29, 1.82) is 0 Å². The van der Waals surface area contributed by atoms with Gasteiger partial charge in [0.2, 0.25) is 10.0 Å². The first-order chi connectivity index (χ1) is 15.1. The van der Waals surface area contributed by atoms with E-state index in [-0.39, 0.29) is 27.8 Å². The fourth-order valence-electron chi connectivity index (χ4n) is 2.73. The molecule has 0 aliphatic rings. The largest absolute Gasteiger partial charge is 0.461 e. The molecule has 0 saturated carbocycles. The molecule has 1 aromatic heterocycles. The van der Waals surface area contributed by atoms with Crippen molar-refractivity contribution in [3.63, 3.8) is 0 Å². The Balaban J connectivity index is 1.78. The lowest BCUT2D eigenvalue weighted by Crippen LogP contribution is -2.23. The second kappa shape index (κ2) is 9.51. The van der Waals surface area contributed by atoms with Crippen LogP contribution in [0.1, 0.15) is 27.8 Å². The zero-order chi connectivity index (χ0) is 23.5. The molecule has 0 unspecified atom stereocenters. The highest BCUT2D eigenvalue weighted by Crippen LogP contribution is 2.23. The van der Waals surface area contributed by atoms with E-state index >= 15 is 0 Å². The molecule has 9 nitrogen and oxygen atoms in total. The summed E-state index contributed by atoms with van der Waals surface area (Å²) in [5.41, 5.74) is 1.35. The Kier molecular flexibility index (Phi) is 6.97. The first-order valence-electron chi connectivity index (χ1n) is 9.50. The molecule has 1 N–H and O–H groups in total. The maximum absolute atomic E-state index is 12.7. The summed E-state index contributed by atoms with van der Waals surface area (Å²) >= 11 is 6.12. The molecular weight excluding hydrogens is 456 g/mol. The molecule has 168 valence electrons. The zero-order valence-electron chi connectivity index (χ0n) is 17.6. The fourth-order valence-corrected chi connectivity index (χ4v) is 3.86. The van der Waals surface area contributed by atoms with Crippen LogP contribution in [0.5, 0.6) is 0 Å². The summed E-state index contributed by atoms with van der Waals surface area (Å²) in [6.07, 6.45) is 1.62. The molecule has 0 radical (unpaired) electrons. The van der Waals surface area contributed by atoms with Crippen LogP contribution in [0.3, 0.4) is 0 Å². The highest BCUT2D eigenvalue weighted by atomic mass is 35.5. The van der Waals surface area contributed by atoms with Gasteiger partial charge in [-0.25, -0.2) is 22.2 Å². The van der Waals surface area contributed by atoms with Crippen LogP contribution in [-0.4, -0.2) is 55.1 Å². The molecule has 0 spiro atoms. The summed E-state index contributed by atoms with van der Waals surface area (Å²) in [7, 11) is -0.908. The number of aromatic nitrogens is 2. The molecule has 0 fully saturated rings. The van der Waals surface area contributed by atoms with E-state index < -0.39 is 21.9 Å². The van der Waals surface area contributed by atoms with E-state index in [2.05, 4.69) is 10.4 Å². The van der Waals surface area contributed by atoms with Crippen molar-refractivity contribution in [2.45, 2.75) is 11.8 Å². The molecule has 0 aliphatic heterocycles. The number of nitrogens with one attached hydrogen (secondary N) is 1. The maximum Gasteiger partial charge on any atom is 0.358 e. The van der Waals surface area contributed by atoms with Crippen molar-refractivity contribution < 1.29 is 22.7 Å². The summed E-state index contributed by atoms with van der Waals surface area (Å²) in [6, 6.07) is 12.2. The number of carbonyl (C=O) groups is 2. The van der Waals surface area contributed by atoms with E-state index in [4.69, 9.17) is 16.3 Å². The summed E-state index contributed by atoms with van der Waals surface area (Å²) in [5, 5.41) is 6.99. The minimum atomic E-state index is -3.71. The lowest BCUT2D eigenvalue weighted by atomic mass is 10.2. The molecule has 0 bridgehead atoms. The minimum absolute atomic E-state index is 0.0322. The first-order valence-corrected chi connectivity index (χ1v) is 11.3. The number of esters is 1. The van der Waals surface area contributed by atoms with Gasteiger partial charge in [0.05, 0.1) is 27.8 Å². The molecule has 1 heterocycles. The Labute approximate surface area is 190 Å². The van der Waals surface area contributed by atoms with Crippen molar-refractivity contribution in [1.82, 2.24) is 14.1 Å². The number of hydrogen-bond donors (Lipinski definition) is 1. The number of ether oxygens (including phenoxy) is 1. The highest BCUT2D eigenvalue weighted by Gasteiger charge is 2.21. The van der Waals surface area contributed by atoms with Gasteiger partial charge in [-0.15, -0.1) is 0 Å². The van der Waals surface area contributed by atoms with Crippen molar-refractivity contribution >= 4 is 39.2 Å². The van der Waals surface area contributed by atoms with E-state index in [0.29, 0.717) is 11.4 Å². The molecule has 32 heavy (non-hydrogen) atoms. The van der Waals surface area contributed by atoms with Crippen LogP contribution >= 0.6 is 11.6 Å². The molecular formula is C21H21ClN4O5S. The van der Waals surface area contributed by atoms with Crippen LogP contribution in [0.2, 0.25) is 5.02 Å². The second-order valence-electron chi connectivity index (χ2n) is 6.80. The Bertz CT molecular complexity index is 1250. The van der Waals surface area contributed by atoms with Gasteiger partial charge in [-0.3, -0.25) is 4.79 Å². The third kappa shape index (κ3) is 4.98. The summed E-state index contributed by atoms with van der Waals surface area (Å²) < 4.78 is 32.2. The van der Waals surface area contributed by atoms with Crippen LogP contribution in [0.15, 0.2) is 59.6 Å². The lowest BCUT2D eigenvalue weighted by Gasteiger charge is -2.13. The van der Waals surface area contributed by atoms with Crippen molar-refractivity contribution in [3.8, 4) is 5.69 Å². The van der Waals surface area contributed by atoms with Crippen LogP contribution < -0.4 is 5.32 Å². The second-order valence-corrected chi connectivity index (χ2v) is 9.36. The third-order valence-electron chi connectivity index (χ3n) is 4.42. The van der Waals surface area contributed by atoms with Gasteiger partial charge < -0.3 is 10.1 Å². The molecule has 0 saturated heterocycles. The number of carbonyl (C=O) groups excluding carboxylic acids is 2. The third-order valence-corrected chi connectivity index (χ3v) is 6.57. The predicted octanol–water partition coefficient (Wildman–Crippen LogP) is 3.21. The lowest BCUT2D eigenvalue weighted by molar-refractivity contribution is 0.0518. The van der Waals surface area contributed by atoms with E-state index in [1.54, 1.807) is 43.5 Å². The number of hydrogen-bond acceptors (Lipinski definition) is 6. The van der Waals surface area contributed by atoms with Gasteiger partial charge in [0, 0.05) is 26.0 Å². The van der Waals surface area contributed by atoms with E-state index in [0.717, 1.165) is 4.31 Å².